The van der Waals surface area contributed by atoms with E-state index < -0.39 is 4.92 Å². The Kier molecular flexibility index (Phi) is 3.87. The molecule has 2 N–H and O–H groups in total. The summed E-state index contributed by atoms with van der Waals surface area (Å²) in [5.74, 6) is 5.52. The number of ether oxygens (including phenoxy) is 1. The lowest BCUT2D eigenvalue weighted by Crippen LogP contribution is -2.03. The molecule has 0 aliphatic heterocycles. The molecule has 0 saturated heterocycles. The Labute approximate surface area is 86.7 Å². The smallest absolute Gasteiger partial charge is 0.276 e. The van der Waals surface area contributed by atoms with Gasteiger partial charge in [0.25, 0.3) is 5.69 Å². The molecule has 82 valence electrons. The second-order valence-corrected chi connectivity index (χ2v) is 2.89. The van der Waals surface area contributed by atoms with E-state index in [1.807, 2.05) is 6.92 Å². The van der Waals surface area contributed by atoms with Crippen molar-refractivity contribution >= 4 is 5.69 Å². The fourth-order valence-electron chi connectivity index (χ4n) is 1.03. The highest BCUT2D eigenvalue weighted by atomic mass is 16.6. The van der Waals surface area contributed by atoms with Crippen LogP contribution in [0.5, 0.6) is 11.5 Å². The number of hydrogen-bond donors (Lipinski definition) is 1. The van der Waals surface area contributed by atoms with Gasteiger partial charge in [0.15, 0.2) is 5.75 Å². The first kappa shape index (κ1) is 11.3. The third-order valence-electron chi connectivity index (χ3n) is 1.68. The first-order chi connectivity index (χ1) is 7.17. The minimum absolute atomic E-state index is 0.107. The minimum atomic E-state index is -0.526. The zero-order valence-corrected chi connectivity index (χ0v) is 8.30. The van der Waals surface area contributed by atoms with E-state index in [1.54, 1.807) is 0 Å². The molecule has 0 unspecified atom stereocenters. The summed E-state index contributed by atoms with van der Waals surface area (Å²) in [7, 11) is 0. The summed E-state index contributed by atoms with van der Waals surface area (Å²) in [6, 6.07) is 4.07. The quantitative estimate of drug-likeness (QED) is 0.592. The maximum absolute atomic E-state index is 10.5. The van der Waals surface area contributed by atoms with E-state index in [-0.39, 0.29) is 11.4 Å². The van der Waals surface area contributed by atoms with Crippen molar-refractivity contribution in [2.45, 2.75) is 13.3 Å². The van der Waals surface area contributed by atoms with Gasteiger partial charge in [0.2, 0.25) is 0 Å². The molecular formula is C9H12N2O4. The van der Waals surface area contributed by atoms with Crippen LogP contribution in [0.15, 0.2) is 18.2 Å². The van der Waals surface area contributed by atoms with Crippen molar-refractivity contribution in [2.75, 3.05) is 6.61 Å². The Morgan fingerprint density at radius 2 is 2.07 bits per heavy atom. The molecule has 1 aromatic rings. The Bertz CT molecular complexity index is 354. The highest BCUT2D eigenvalue weighted by Gasteiger charge is 2.11. The van der Waals surface area contributed by atoms with E-state index >= 15 is 0 Å². The van der Waals surface area contributed by atoms with Crippen LogP contribution < -0.4 is 15.5 Å². The topological polar surface area (TPSA) is 87.6 Å². The number of hydrogen-bond acceptors (Lipinski definition) is 5. The lowest BCUT2D eigenvalue weighted by Gasteiger charge is -2.05. The molecule has 0 aliphatic carbocycles. The molecule has 6 heteroatoms. The molecule has 15 heavy (non-hydrogen) atoms. The molecule has 0 amide bonds. The van der Waals surface area contributed by atoms with Crippen molar-refractivity contribution in [3.8, 4) is 11.5 Å². The molecule has 1 aromatic carbocycles. The molecule has 0 bridgehead atoms. The zero-order valence-electron chi connectivity index (χ0n) is 8.30. The summed E-state index contributed by atoms with van der Waals surface area (Å²) >= 11 is 0. The van der Waals surface area contributed by atoms with Crippen LogP contribution in [0.2, 0.25) is 0 Å². The van der Waals surface area contributed by atoms with Gasteiger partial charge in [0.05, 0.1) is 23.7 Å². The Morgan fingerprint density at radius 3 is 2.60 bits per heavy atom. The van der Waals surface area contributed by atoms with Gasteiger partial charge in [-0.1, -0.05) is 6.92 Å². The van der Waals surface area contributed by atoms with Crippen LogP contribution in [-0.4, -0.2) is 11.5 Å². The fourth-order valence-corrected chi connectivity index (χ4v) is 1.03. The number of nitrogens with zero attached hydrogens (tertiary/aromatic N) is 1. The Hall–Kier alpha value is -1.82. The minimum Gasteiger partial charge on any atom is -0.493 e. The Balaban J connectivity index is 2.95. The summed E-state index contributed by atoms with van der Waals surface area (Å²) in [5, 5.41) is 10.5. The summed E-state index contributed by atoms with van der Waals surface area (Å²) in [4.78, 5) is 14.5. The van der Waals surface area contributed by atoms with E-state index in [1.165, 1.54) is 18.2 Å². The second kappa shape index (κ2) is 5.16. The summed E-state index contributed by atoms with van der Waals surface area (Å²) in [6.07, 6.45) is 0.821. The first-order valence-corrected chi connectivity index (χ1v) is 4.46. The van der Waals surface area contributed by atoms with Gasteiger partial charge >= 0.3 is 0 Å². The van der Waals surface area contributed by atoms with Crippen molar-refractivity contribution in [1.82, 2.24) is 0 Å². The van der Waals surface area contributed by atoms with Gasteiger partial charge in [-0.2, -0.15) is 5.90 Å². The van der Waals surface area contributed by atoms with Crippen molar-refractivity contribution in [1.29, 1.82) is 0 Å². The number of nitrogens with two attached hydrogens (primary N) is 1. The normalized spacial score (nSPS) is 9.73. The standard InChI is InChI=1S/C9H12N2O4/c1-2-3-14-8-4-7(11(12)13)5-9(6-8)15-10/h4-6H,2-3,10H2,1H3. The van der Waals surface area contributed by atoms with E-state index in [2.05, 4.69) is 4.84 Å². The van der Waals surface area contributed by atoms with Crippen LogP contribution in [0.3, 0.4) is 0 Å². The SMILES string of the molecule is CCCOc1cc(ON)cc([N+](=O)[O-])c1. The van der Waals surface area contributed by atoms with Gasteiger partial charge in [0, 0.05) is 6.07 Å². The molecule has 1 rings (SSSR count). The van der Waals surface area contributed by atoms with Crippen molar-refractivity contribution in [2.24, 2.45) is 5.90 Å². The number of rotatable bonds is 5. The molecule has 0 aromatic heterocycles. The van der Waals surface area contributed by atoms with Crippen LogP contribution >= 0.6 is 0 Å². The lowest BCUT2D eigenvalue weighted by atomic mass is 10.3. The van der Waals surface area contributed by atoms with Gasteiger partial charge in [-0.05, 0) is 6.42 Å². The third-order valence-corrected chi connectivity index (χ3v) is 1.68. The largest absolute Gasteiger partial charge is 0.493 e. The van der Waals surface area contributed by atoms with Gasteiger partial charge in [-0.25, -0.2) is 0 Å². The highest BCUT2D eigenvalue weighted by molar-refractivity contribution is 5.45. The first-order valence-electron chi connectivity index (χ1n) is 4.46. The molecule has 0 aliphatic rings. The number of nitro groups is 1. The van der Waals surface area contributed by atoms with E-state index in [0.29, 0.717) is 12.4 Å². The number of nitro benzene ring substituents is 1. The van der Waals surface area contributed by atoms with Crippen LogP contribution in [-0.2, 0) is 0 Å². The fraction of sp³-hybridized carbons (Fsp3) is 0.333. The summed E-state index contributed by atoms with van der Waals surface area (Å²) in [5.41, 5.74) is -0.107. The van der Waals surface area contributed by atoms with Crippen molar-refractivity contribution < 1.29 is 14.5 Å². The molecule has 6 nitrogen and oxygen atoms in total. The predicted molar refractivity (Wildman–Crippen MR) is 53.7 cm³/mol. The predicted octanol–water partition coefficient (Wildman–Crippen LogP) is 1.64. The number of benzene rings is 1. The van der Waals surface area contributed by atoms with E-state index in [0.717, 1.165) is 6.42 Å². The highest BCUT2D eigenvalue weighted by Crippen LogP contribution is 2.26. The monoisotopic (exact) mass is 212 g/mol. The second-order valence-electron chi connectivity index (χ2n) is 2.89. The molecule has 0 atom stereocenters. The molecular weight excluding hydrogens is 200 g/mol. The van der Waals surface area contributed by atoms with Crippen molar-refractivity contribution in [3.63, 3.8) is 0 Å². The van der Waals surface area contributed by atoms with Crippen LogP contribution in [0.25, 0.3) is 0 Å². The van der Waals surface area contributed by atoms with Gasteiger partial charge in [-0.15, -0.1) is 0 Å². The lowest BCUT2D eigenvalue weighted by molar-refractivity contribution is -0.385. The molecule has 0 heterocycles. The summed E-state index contributed by atoms with van der Waals surface area (Å²) in [6.45, 7) is 2.43. The Morgan fingerprint density at radius 1 is 1.40 bits per heavy atom. The van der Waals surface area contributed by atoms with Gasteiger partial charge in [0.1, 0.15) is 5.75 Å². The van der Waals surface area contributed by atoms with E-state index in [9.17, 15) is 10.1 Å². The zero-order chi connectivity index (χ0) is 11.3. The van der Waals surface area contributed by atoms with Gasteiger partial charge in [-0.3, -0.25) is 10.1 Å². The summed E-state index contributed by atoms with van der Waals surface area (Å²) < 4.78 is 5.25. The van der Waals surface area contributed by atoms with Crippen LogP contribution in [0.4, 0.5) is 5.69 Å². The van der Waals surface area contributed by atoms with Crippen LogP contribution in [0.1, 0.15) is 13.3 Å². The van der Waals surface area contributed by atoms with Crippen molar-refractivity contribution in [3.05, 3.63) is 28.3 Å². The molecule has 0 spiro atoms. The van der Waals surface area contributed by atoms with Crippen LogP contribution in [0, 0.1) is 10.1 Å². The van der Waals surface area contributed by atoms with E-state index in [4.69, 9.17) is 10.6 Å². The molecule has 0 saturated carbocycles. The third kappa shape index (κ3) is 3.10. The maximum Gasteiger partial charge on any atom is 0.276 e. The molecule has 0 fully saturated rings. The average Bonchev–Trinajstić information content (AvgIpc) is 2.25. The van der Waals surface area contributed by atoms with Gasteiger partial charge < -0.3 is 9.57 Å². The number of non-ortho nitro benzene ring substituents is 1. The average molecular weight is 212 g/mol. The maximum atomic E-state index is 10.5. The molecule has 0 radical (unpaired) electrons.